The van der Waals surface area contributed by atoms with Crippen molar-refractivity contribution in [3.63, 3.8) is 0 Å². The average Bonchev–Trinajstić information content (AvgIpc) is 3.25. The van der Waals surface area contributed by atoms with E-state index in [2.05, 4.69) is 10.4 Å². The Morgan fingerprint density at radius 3 is 2.37 bits per heavy atom. The van der Waals surface area contributed by atoms with E-state index in [-0.39, 0.29) is 16.5 Å². The molecule has 0 unspecified atom stereocenters. The molecule has 1 aromatic heterocycles. The maximum absolute atomic E-state index is 13.6. The molecule has 0 amide bonds. The molecule has 0 spiro atoms. The molecule has 3 aromatic rings. The van der Waals surface area contributed by atoms with Crippen LogP contribution in [0.2, 0.25) is 5.02 Å². The third-order valence-corrected chi connectivity index (χ3v) is 9.57. The van der Waals surface area contributed by atoms with Gasteiger partial charge in [0.15, 0.2) is 9.84 Å². The highest BCUT2D eigenvalue weighted by atomic mass is 35.5. The van der Waals surface area contributed by atoms with E-state index in [9.17, 15) is 34.8 Å². The Morgan fingerprint density at radius 2 is 1.74 bits per heavy atom. The number of fused-ring (bicyclic) bond motifs is 1. The van der Waals surface area contributed by atoms with Crippen LogP contribution in [0.25, 0.3) is 0 Å². The number of aliphatic carboxylic acids is 1. The van der Waals surface area contributed by atoms with Gasteiger partial charge in [-0.3, -0.25) is 14.8 Å². The minimum atomic E-state index is -5.01. The molecule has 38 heavy (non-hydrogen) atoms. The summed E-state index contributed by atoms with van der Waals surface area (Å²) >= 11 is 5.77. The van der Waals surface area contributed by atoms with Crippen molar-refractivity contribution in [2.45, 2.75) is 52.7 Å². The molecule has 15 heteroatoms. The monoisotopic (exact) mass is 591 g/mol. The van der Waals surface area contributed by atoms with Crippen molar-refractivity contribution < 1.29 is 39.9 Å². The number of carboxylic acids is 1. The zero-order chi connectivity index (χ0) is 27.9. The van der Waals surface area contributed by atoms with Gasteiger partial charge in [-0.2, -0.15) is 18.3 Å². The maximum Gasteiger partial charge on any atom is 0.416 e. The normalized spacial score (nSPS) is 16.3. The first-order chi connectivity index (χ1) is 17.7. The second-order valence-electron chi connectivity index (χ2n) is 8.65. The summed E-state index contributed by atoms with van der Waals surface area (Å²) in [6.45, 7) is -0.366. The zero-order valence-corrected chi connectivity index (χ0v) is 21.8. The summed E-state index contributed by atoms with van der Waals surface area (Å²) in [6, 6.07) is 5.67. The van der Waals surface area contributed by atoms with E-state index in [4.69, 9.17) is 16.7 Å². The summed E-state index contributed by atoms with van der Waals surface area (Å²) in [4.78, 5) is 9.07. The highest BCUT2D eigenvalue weighted by Gasteiger charge is 2.35. The number of alkyl halides is 3. The van der Waals surface area contributed by atoms with Crippen LogP contribution in [-0.4, -0.2) is 43.6 Å². The number of aromatic nitrogens is 2. The van der Waals surface area contributed by atoms with Crippen molar-refractivity contribution in [1.82, 2.24) is 15.1 Å². The molecule has 0 saturated heterocycles. The standard InChI is InChI=1S/C23H21ClF3N3O6S2/c24-15-4-6-16(7-5-15)38(35,36)18-9-14(23(25,26)27)8-17(10-18)37(33,34)13-28-20-2-1-3-21-19(20)11-29-30(21)12-22(31)32/h4-11,20,28H,1-3,12-13H2,(H,31,32)/t20-/m1/s1. The third-order valence-electron chi connectivity index (χ3n) is 6.07. The zero-order valence-electron chi connectivity index (χ0n) is 19.4. The molecule has 204 valence electrons. The van der Waals surface area contributed by atoms with Gasteiger partial charge in [0.05, 0.1) is 26.4 Å². The van der Waals surface area contributed by atoms with Gasteiger partial charge in [-0.1, -0.05) is 11.6 Å². The van der Waals surface area contributed by atoms with Crippen LogP contribution in [0.5, 0.6) is 0 Å². The summed E-state index contributed by atoms with van der Waals surface area (Å²) in [5, 5.41) is 16.1. The Balaban J connectivity index is 1.66. The summed E-state index contributed by atoms with van der Waals surface area (Å²) < 4.78 is 94.6. The first-order valence-electron chi connectivity index (χ1n) is 11.1. The van der Waals surface area contributed by atoms with Crippen molar-refractivity contribution in [2.24, 2.45) is 0 Å². The van der Waals surface area contributed by atoms with E-state index in [0.29, 0.717) is 48.7 Å². The molecule has 1 aliphatic carbocycles. The van der Waals surface area contributed by atoms with E-state index in [1.807, 2.05) is 0 Å². The van der Waals surface area contributed by atoms with Crippen LogP contribution in [0.4, 0.5) is 13.2 Å². The second kappa shape index (κ2) is 10.3. The van der Waals surface area contributed by atoms with Crippen LogP contribution in [0, 0.1) is 0 Å². The molecule has 1 atom stereocenters. The number of carbonyl (C=O) groups is 1. The SMILES string of the molecule is O=C(O)Cn1ncc2c1CCC[C@H]2NCS(=O)(=O)c1cc(C(F)(F)F)cc(S(=O)(=O)c2ccc(Cl)cc2)c1. The third kappa shape index (κ3) is 5.87. The lowest BCUT2D eigenvalue weighted by Crippen LogP contribution is -2.30. The minimum absolute atomic E-state index is 0.210. The van der Waals surface area contributed by atoms with Crippen molar-refractivity contribution >= 4 is 37.2 Å². The molecule has 0 saturated carbocycles. The number of hydrogen-bond acceptors (Lipinski definition) is 7. The van der Waals surface area contributed by atoms with Crippen LogP contribution >= 0.6 is 11.6 Å². The Hall–Kier alpha value is -2.94. The van der Waals surface area contributed by atoms with Crippen molar-refractivity contribution in [1.29, 1.82) is 0 Å². The fourth-order valence-electron chi connectivity index (χ4n) is 4.21. The summed E-state index contributed by atoms with van der Waals surface area (Å²) in [5.41, 5.74) is -0.201. The Bertz CT molecular complexity index is 1590. The average molecular weight is 592 g/mol. The number of carboxylic acid groups (broad SMARTS) is 1. The number of nitrogens with zero attached hydrogens (tertiary/aromatic N) is 2. The largest absolute Gasteiger partial charge is 0.480 e. The number of hydrogen-bond donors (Lipinski definition) is 2. The van der Waals surface area contributed by atoms with Gasteiger partial charge < -0.3 is 5.11 Å². The summed E-state index contributed by atoms with van der Waals surface area (Å²) in [7, 11) is -8.95. The van der Waals surface area contributed by atoms with Crippen LogP contribution in [0.1, 0.15) is 35.7 Å². The lowest BCUT2D eigenvalue weighted by Gasteiger charge is -2.24. The van der Waals surface area contributed by atoms with Gasteiger partial charge in [0, 0.05) is 22.3 Å². The van der Waals surface area contributed by atoms with Gasteiger partial charge in [-0.15, -0.1) is 0 Å². The first-order valence-corrected chi connectivity index (χ1v) is 14.7. The molecule has 2 N–H and O–H groups in total. The molecule has 9 nitrogen and oxygen atoms in total. The first kappa shape index (κ1) is 28.1. The van der Waals surface area contributed by atoms with Crippen LogP contribution < -0.4 is 5.32 Å². The molecule has 1 aliphatic rings. The lowest BCUT2D eigenvalue weighted by molar-refractivity contribution is -0.138. The minimum Gasteiger partial charge on any atom is -0.480 e. The van der Waals surface area contributed by atoms with E-state index in [1.54, 1.807) is 0 Å². The molecular formula is C23H21ClF3N3O6S2. The van der Waals surface area contributed by atoms with Crippen LogP contribution in [0.3, 0.4) is 0 Å². The maximum atomic E-state index is 13.6. The Morgan fingerprint density at radius 1 is 1.08 bits per heavy atom. The number of halogens is 4. The Labute approximate surface area is 221 Å². The van der Waals surface area contributed by atoms with Gasteiger partial charge >= 0.3 is 12.1 Å². The predicted octanol–water partition coefficient (Wildman–Crippen LogP) is 3.87. The number of benzene rings is 2. The topological polar surface area (TPSA) is 135 Å². The number of sulfone groups is 2. The van der Waals surface area contributed by atoms with E-state index >= 15 is 0 Å². The summed E-state index contributed by atoms with van der Waals surface area (Å²) in [6.07, 6.45) is -1.96. The molecule has 4 rings (SSSR count). The van der Waals surface area contributed by atoms with Gasteiger partial charge in [-0.25, -0.2) is 16.8 Å². The van der Waals surface area contributed by atoms with E-state index in [0.717, 1.165) is 12.1 Å². The highest BCUT2D eigenvalue weighted by molar-refractivity contribution is 7.92. The van der Waals surface area contributed by atoms with Crippen LogP contribution in [-0.2, 0) is 43.6 Å². The molecule has 0 fully saturated rings. The fraction of sp³-hybridized carbons (Fsp3) is 0.304. The summed E-state index contributed by atoms with van der Waals surface area (Å²) in [5.74, 6) is -1.88. The fourth-order valence-corrected chi connectivity index (χ4v) is 6.94. The molecule has 0 bridgehead atoms. The Kier molecular flexibility index (Phi) is 7.63. The number of nitrogens with one attached hydrogen (secondary N) is 1. The predicted molar refractivity (Wildman–Crippen MR) is 129 cm³/mol. The van der Waals surface area contributed by atoms with Crippen molar-refractivity contribution in [2.75, 3.05) is 5.88 Å². The molecule has 0 aliphatic heterocycles. The van der Waals surface area contributed by atoms with Gasteiger partial charge in [-0.05, 0) is 61.7 Å². The van der Waals surface area contributed by atoms with Gasteiger partial charge in [0.1, 0.15) is 12.4 Å². The quantitative estimate of drug-likeness (QED) is 0.403. The van der Waals surface area contributed by atoms with E-state index in [1.165, 1.54) is 23.0 Å². The highest BCUT2D eigenvalue weighted by Crippen LogP contribution is 2.35. The molecule has 2 aromatic carbocycles. The van der Waals surface area contributed by atoms with Gasteiger partial charge in [0.2, 0.25) is 9.84 Å². The second-order valence-corrected chi connectivity index (χ2v) is 13.0. The molecule has 0 radical (unpaired) electrons. The number of rotatable bonds is 8. The van der Waals surface area contributed by atoms with Crippen molar-refractivity contribution in [3.8, 4) is 0 Å². The van der Waals surface area contributed by atoms with Crippen LogP contribution in [0.15, 0.2) is 63.3 Å². The smallest absolute Gasteiger partial charge is 0.416 e. The molecular weight excluding hydrogens is 571 g/mol. The van der Waals surface area contributed by atoms with E-state index < -0.39 is 59.1 Å². The molecule has 1 heterocycles. The lowest BCUT2D eigenvalue weighted by atomic mass is 9.93. The van der Waals surface area contributed by atoms with Gasteiger partial charge in [0.25, 0.3) is 0 Å². The van der Waals surface area contributed by atoms with Crippen molar-refractivity contribution in [3.05, 3.63) is 70.5 Å².